The summed E-state index contributed by atoms with van der Waals surface area (Å²) in [5.74, 6) is -0.229. The zero-order valence-electron chi connectivity index (χ0n) is 9.88. The molecule has 0 aliphatic heterocycles. The van der Waals surface area contributed by atoms with E-state index < -0.39 is 0 Å². The molecule has 0 radical (unpaired) electrons. The Bertz CT molecular complexity index is 417. The highest BCUT2D eigenvalue weighted by Crippen LogP contribution is 2.18. The third-order valence-corrected chi connectivity index (χ3v) is 3.36. The Morgan fingerprint density at radius 2 is 2.06 bits per heavy atom. The molecular formula is C14H17FN2. The molecule has 1 fully saturated rings. The first-order valence-electron chi connectivity index (χ1n) is 6.21. The highest BCUT2D eigenvalue weighted by molar-refractivity contribution is 5.33. The van der Waals surface area contributed by atoms with Crippen LogP contribution in [0.25, 0.3) is 0 Å². The molecule has 2 rings (SSSR count). The molecule has 0 unspecified atom stereocenters. The summed E-state index contributed by atoms with van der Waals surface area (Å²) < 4.78 is 13.5. The van der Waals surface area contributed by atoms with E-state index in [-0.39, 0.29) is 5.82 Å². The van der Waals surface area contributed by atoms with Crippen LogP contribution in [0.1, 0.15) is 43.2 Å². The third-order valence-electron chi connectivity index (χ3n) is 3.36. The lowest BCUT2D eigenvalue weighted by molar-refractivity contribution is 0.370. The van der Waals surface area contributed by atoms with E-state index in [1.807, 2.05) is 6.07 Å². The van der Waals surface area contributed by atoms with E-state index in [9.17, 15) is 4.39 Å². The zero-order chi connectivity index (χ0) is 12.1. The van der Waals surface area contributed by atoms with Gasteiger partial charge in [0.05, 0.1) is 11.6 Å². The summed E-state index contributed by atoms with van der Waals surface area (Å²) in [6.45, 7) is 0.520. The largest absolute Gasteiger partial charge is 0.310 e. The van der Waals surface area contributed by atoms with E-state index in [4.69, 9.17) is 5.26 Å². The van der Waals surface area contributed by atoms with Crippen molar-refractivity contribution in [3.05, 3.63) is 35.1 Å². The fourth-order valence-corrected chi connectivity index (χ4v) is 2.34. The maximum Gasteiger partial charge on any atom is 0.127 e. The normalized spacial score (nSPS) is 16.7. The van der Waals surface area contributed by atoms with Crippen LogP contribution in [-0.4, -0.2) is 6.04 Å². The average molecular weight is 232 g/mol. The SMILES string of the molecule is N#Cc1ccc(F)c(CNC2CCCCC2)c1. The molecule has 0 spiro atoms. The average Bonchev–Trinajstić information content (AvgIpc) is 2.39. The van der Waals surface area contributed by atoms with Crippen LogP contribution in [0.15, 0.2) is 18.2 Å². The van der Waals surface area contributed by atoms with Crippen LogP contribution in [0, 0.1) is 17.1 Å². The number of nitrogens with zero attached hydrogens (tertiary/aromatic N) is 1. The zero-order valence-corrected chi connectivity index (χ0v) is 9.88. The second kappa shape index (κ2) is 5.79. The molecule has 1 N–H and O–H groups in total. The smallest absolute Gasteiger partial charge is 0.127 e. The van der Waals surface area contributed by atoms with Gasteiger partial charge in [0.25, 0.3) is 0 Å². The first-order valence-corrected chi connectivity index (χ1v) is 6.21. The first-order chi connectivity index (χ1) is 8.29. The lowest BCUT2D eigenvalue weighted by Crippen LogP contribution is -2.30. The number of hydrogen-bond donors (Lipinski definition) is 1. The van der Waals surface area contributed by atoms with Crippen molar-refractivity contribution in [3.8, 4) is 6.07 Å². The number of benzene rings is 1. The van der Waals surface area contributed by atoms with Gasteiger partial charge in [0.15, 0.2) is 0 Å². The second-order valence-corrected chi connectivity index (χ2v) is 4.63. The molecule has 17 heavy (non-hydrogen) atoms. The molecule has 0 heterocycles. The minimum atomic E-state index is -0.229. The summed E-state index contributed by atoms with van der Waals surface area (Å²) in [5, 5.41) is 12.2. The van der Waals surface area contributed by atoms with E-state index in [1.165, 1.54) is 44.2 Å². The van der Waals surface area contributed by atoms with Crippen LogP contribution >= 0.6 is 0 Å². The maximum atomic E-state index is 13.5. The van der Waals surface area contributed by atoms with E-state index in [0.717, 1.165) is 0 Å². The van der Waals surface area contributed by atoms with E-state index in [0.29, 0.717) is 23.7 Å². The monoisotopic (exact) mass is 232 g/mol. The minimum absolute atomic E-state index is 0.229. The minimum Gasteiger partial charge on any atom is -0.310 e. The molecule has 0 bridgehead atoms. The Balaban J connectivity index is 1.95. The van der Waals surface area contributed by atoms with E-state index >= 15 is 0 Å². The van der Waals surface area contributed by atoms with Gasteiger partial charge in [0, 0.05) is 18.2 Å². The molecule has 2 nitrogen and oxygen atoms in total. The van der Waals surface area contributed by atoms with Crippen LogP contribution in [0.4, 0.5) is 4.39 Å². The van der Waals surface area contributed by atoms with Crippen molar-refractivity contribution >= 4 is 0 Å². The summed E-state index contributed by atoms with van der Waals surface area (Å²) in [6.07, 6.45) is 6.20. The fourth-order valence-electron chi connectivity index (χ4n) is 2.34. The van der Waals surface area contributed by atoms with Gasteiger partial charge in [-0.15, -0.1) is 0 Å². The Kier molecular flexibility index (Phi) is 4.11. The topological polar surface area (TPSA) is 35.8 Å². The van der Waals surface area contributed by atoms with Gasteiger partial charge in [0.2, 0.25) is 0 Å². The Labute approximate surface area is 101 Å². The molecule has 0 atom stereocenters. The van der Waals surface area contributed by atoms with Gasteiger partial charge >= 0.3 is 0 Å². The van der Waals surface area contributed by atoms with Gasteiger partial charge in [-0.2, -0.15) is 5.26 Å². The third kappa shape index (κ3) is 3.28. The van der Waals surface area contributed by atoms with Gasteiger partial charge in [0.1, 0.15) is 5.82 Å². The van der Waals surface area contributed by atoms with Crippen LogP contribution in [0.3, 0.4) is 0 Å². The quantitative estimate of drug-likeness (QED) is 0.869. The fraction of sp³-hybridized carbons (Fsp3) is 0.500. The molecule has 1 saturated carbocycles. The highest BCUT2D eigenvalue weighted by Gasteiger charge is 2.13. The van der Waals surface area contributed by atoms with Crippen LogP contribution < -0.4 is 5.32 Å². The van der Waals surface area contributed by atoms with Crippen molar-refractivity contribution in [1.82, 2.24) is 5.32 Å². The standard InChI is InChI=1S/C14H17FN2/c15-14-7-6-11(9-16)8-12(14)10-17-13-4-2-1-3-5-13/h6-8,13,17H,1-5,10H2. The van der Waals surface area contributed by atoms with Gasteiger partial charge < -0.3 is 5.32 Å². The predicted octanol–water partition coefficient (Wildman–Crippen LogP) is 3.12. The molecule has 1 aliphatic rings. The van der Waals surface area contributed by atoms with Crippen molar-refractivity contribution in [3.63, 3.8) is 0 Å². The summed E-state index contributed by atoms with van der Waals surface area (Å²) >= 11 is 0. The van der Waals surface area contributed by atoms with Crippen LogP contribution in [-0.2, 0) is 6.54 Å². The van der Waals surface area contributed by atoms with Gasteiger partial charge in [-0.1, -0.05) is 19.3 Å². The second-order valence-electron chi connectivity index (χ2n) is 4.63. The van der Waals surface area contributed by atoms with E-state index in [2.05, 4.69) is 5.32 Å². The first kappa shape index (κ1) is 12.1. The number of rotatable bonds is 3. The van der Waals surface area contributed by atoms with Gasteiger partial charge in [-0.25, -0.2) is 4.39 Å². The van der Waals surface area contributed by atoms with Crippen molar-refractivity contribution in [2.24, 2.45) is 0 Å². The Hall–Kier alpha value is -1.40. The van der Waals surface area contributed by atoms with Crippen molar-refractivity contribution in [1.29, 1.82) is 5.26 Å². The molecular weight excluding hydrogens is 215 g/mol. The maximum absolute atomic E-state index is 13.5. The number of halogens is 1. The molecule has 1 aromatic carbocycles. The Morgan fingerprint density at radius 3 is 2.76 bits per heavy atom. The predicted molar refractivity (Wildman–Crippen MR) is 64.8 cm³/mol. The van der Waals surface area contributed by atoms with Crippen molar-refractivity contribution < 1.29 is 4.39 Å². The van der Waals surface area contributed by atoms with E-state index in [1.54, 1.807) is 6.07 Å². The molecule has 0 amide bonds. The summed E-state index contributed by atoms with van der Waals surface area (Å²) in [6, 6.07) is 7.06. The molecule has 1 aliphatic carbocycles. The van der Waals surface area contributed by atoms with Gasteiger partial charge in [-0.05, 0) is 31.0 Å². The van der Waals surface area contributed by atoms with Gasteiger partial charge in [-0.3, -0.25) is 0 Å². The summed E-state index contributed by atoms with van der Waals surface area (Å²) in [4.78, 5) is 0. The lowest BCUT2D eigenvalue weighted by Gasteiger charge is -2.23. The summed E-state index contributed by atoms with van der Waals surface area (Å²) in [7, 11) is 0. The number of hydrogen-bond acceptors (Lipinski definition) is 2. The number of nitriles is 1. The van der Waals surface area contributed by atoms with Crippen LogP contribution in [0.5, 0.6) is 0 Å². The molecule has 1 aromatic rings. The highest BCUT2D eigenvalue weighted by atomic mass is 19.1. The molecule has 0 saturated heterocycles. The number of nitrogens with one attached hydrogen (secondary N) is 1. The van der Waals surface area contributed by atoms with Crippen molar-refractivity contribution in [2.75, 3.05) is 0 Å². The lowest BCUT2D eigenvalue weighted by atomic mass is 9.95. The molecule has 3 heteroatoms. The van der Waals surface area contributed by atoms with Crippen molar-refractivity contribution in [2.45, 2.75) is 44.7 Å². The molecule has 0 aromatic heterocycles. The molecule has 90 valence electrons. The Morgan fingerprint density at radius 1 is 1.29 bits per heavy atom. The summed E-state index contributed by atoms with van der Waals surface area (Å²) in [5.41, 5.74) is 1.11. The van der Waals surface area contributed by atoms with Crippen LogP contribution in [0.2, 0.25) is 0 Å².